The van der Waals surface area contributed by atoms with Crippen LogP contribution in [0.1, 0.15) is 20.7 Å². The molecule has 1 unspecified atom stereocenters. The summed E-state index contributed by atoms with van der Waals surface area (Å²) in [6, 6.07) is 2.33. The van der Waals surface area contributed by atoms with E-state index in [9.17, 15) is 70.6 Å². The SMILES string of the molecule is O=C(C(=O)[C@H](O)[C@@H](O)[C@H](O)[C@H](O)C(O)C(=O)c1cc(O)c(O)c(O)c1)c1cc(O)c(O)c(O)c1. The van der Waals surface area contributed by atoms with Gasteiger partial charge in [0.15, 0.2) is 40.3 Å². The molecule has 2 aromatic carbocycles. The Balaban J connectivity index is 2.17. The molecule has 0 aliphatic heterocycles. The minimum Gasteiger partial charge on any atom is -0.504 e. The van der Waals surface area contributed by atoms with Crippen LogP contribution in [-0.2, 0) is 4.79 Å². The van der Waals surface area contributed by atoms with E-state index in [1.54, 1.807) is 0 Å². The molecule has 0 amide bonds. The average Bonchev–Trinajstić information content (AvgIpc) is 2.81. The molecule has 184 valence electrons. The lowest BCUT2D eigenvalue weighted by atomic mass is 9.91. The second-order valence-electron chi connectivity index (χ2n) is 7.15. The first kappa shape index (κ1) is 26.3. The number of carbonyl (C=O) groups is 3. The van der Waals surface area contributed by atoms with Gasteiger partial charge in [-0.2, -0.15) is 0 Å². The van der Waals surface area contributed by atoms with E-state index in [0.29, 0.717) is 24.3 Å². The molecule has 0 heterocycles. The van der Waals surface area contributed by atoms with Gasteiger partial charge in [-0.05, 0) is 24.3 Å². The lowest BCUT2D eigenvalue weighted by Gasteiger charge is -2.28. The van der Waals surface area contributed by atoms with Crippen molar-refractivity contribution in [3.05, 3.63) is 35.4 Å². The van der Waals surface area contributed by atoms with Crippen molar-refractivity contribution in [2.24, 2.45) is 0 Å². The molecule has 0 saturated heterocycles. The lowest BCUT2D eigenvalue weighted by Crippen LogP contribution is -2.53. The summed E-state index contributed by atoms with van der Waals surface area (Å²) in [4.78, 5) is 36.6. The Morgan fingerprint density at radius 3 is 1.29 bits per heavy atom. The molecular formula is C20H20O14. The zero-order chi connectivity index (χ0) is 26.1. The van der Waals surface area contributed by atoms with E-state index in [1.165, 1.54) is 0 Å². The molecular weight excluding hydrogens is 464 g/mol. The Labute approximate surface area is 189 Å². The predicted molar refractivity (Wildman–Crippen MR) is 107 cm³/mol. The number of aromatic hydroxyl groups is 6. The number of phenols is 6. The van der Waals surface area contributed by atoms with Crippen molar-refractivity contribution in [1.82, 2.24) is 0 Å². The van der Waals surface area contributed by atoms with Gasteiger partial charge in [0, 0.05) is 11.1 Å². The van der Waals surface area contributed by atoms with E-state index in [2.05, 4.69) is 0 Å². The molecule has 0 bridgehead atoms. The second-order valence-corrected chi connectivity index (χ2v) is 7.15. The van der Waals surface area contributed by atoms with Crippen molar-refractivity contribution >= 4 is 17.3 Å². The minimum absolute atomic E-state index is 0.560. The van der Waals surface area contributed by atoms with Gasteiger partial charge in [0.05, 0.1) is 0 Å². The van der Waals surface area contributed by atoms with Gasteiger partial charge in [0.1, 0.15) is 30.5 Å². The average molecular weight is 484 g/mol. The molecule has 0 aromatic heterocycles. The summed E-state index contributed by atoms with van der Waals surface area (Å²) in [6.45, 7) is 0. The van der Waals surface area contributed by atoms with E-state index < -0.39 is 93.5 Å². The zero-order valence-corrected chi connectivity index (χ0v) is 16.8. The summed E-state index contributed by atoms with van der Waals surface area (Å²) >= 11 is 0. The fraction of sp³-hybridized carbons (Fsp3) is 0.250. The first-order valence-electron chi connectivity index (χ1n) is 9.22. The molecule has 2 rings (SSSR count). The Hall–Kier alpha value is -3.95. The summed E-state index contributed by atoms with van der Waals surface area (Å²) in [6.07, 6.45) is -13.1. The Bertz CT molecular complexity index is 1080. The molecule has 11 N–H and O–H groups in total. The van der Waals surface area contributed by atoms with Crippen LogP contribution in [0.2, 0.25) is 0 Å². The van der Waals surface area contributed by atoms with Crippen LogP contribution in [0.3, 0.4) is 0 Å². The quantitative estimate of drug-likeness (QED) is 0.0986. The third kappa shape index (κ3) is 5.00. The maximum Gasteiger partial charge on any atom is 0.234 e. The van der Waals surface area contributed by atoms with Crippen molar-refractivity contribution in [2.45, 2.75) is 30.5 Å². The molecule has 0 radical (unpaired) electrons. The third-order valence-electron chi connectivity index (χ3n) is 4.79. The summed E-state index contributed by atoms with van der Waals surface area (Å²) in [7, 11) is 0. The molecule has 5 atom stereocenters. The van der Waals surface area contributed by atoms with Crippen molar-refractivity contribution in [3.8, 4) is 34.5 Å². The van der Waals surface area contributed by atoms with Crippen LogP contribution >= 0.6 is 0 Å². The Kier molecular flexibility index (Phi) is 7.66. The normalized spacial score (nSPS) is 15.7. The number of Topliss-reactive ketones (excluding diaryl/α,β-unsaturated/α-hetero) is 3. The summed E-state index contributed by atoms with van der Waals surface area (Å²) in [5.41, 5.74) is -1.36. The van der Waals surface area contributed by atoms with Crippen molar-refractivity contribution in [1.29, 1.82) is 0 Å². The molecule has 14 nitrogen and oxygen atoms in total. The number of hydrogen-bond acceptors (Lipinski definition) is 14. The zero-order valence-electron chi connectivity index (χ0n) is 16.8. The van der Waals surface area contributed by atoms with Gasteiger partial charge in [-0.3, -0.25) is 14.4 Å². The maximum absolute atomic E-state index is 12.3. The molecule has 0 spiro atoms. The van der Waals surface area contributed by atoms with E-state index in [0.717, 1.165) is 0 Å². The number of rotatable bonds is 9. The van der Waals surface area contributed by atoms with Gasteiger partial charge in [-0.25, -0.2) is 0 Å². The van der Waals surface area contributed by atoms with Gasteiger partial charge in [-0.15, -0.1) is 0 Å². The summed E-state index contributed by atoms with van der Waals surface area (Å²) < 4.78 is 0. The van der Waals surface area contributed by atoms with E-state index in [1.807, 2.05) is 0 Å². The molecule has 2 aromatic rings. The van der Waals surface area contributed by atoms with E-state index >= 15 is 0 Å². The molecule has 0 aliphatic carbocycles. The summed E-state index contributed by atoms with van der Waals surface area (Å²) in [5.74, 6) is -10.7. The van der Waals surface area contributed by atoms with Crippen LogP contribution in [0, 0.1) is 0 Å². The highest BCUT2D eigenvalue weighted by Crippen LogP contribution is 2.36. The van der Waals surface area contributed by atoms with Crippen LogP contribution < -0.4 is 0 Å². The van der Waals surface area contributed by atoms with Crippen LogP contribution in [-0.4, -0.2) is 104 Å². The first-order chi connectivity index (χ1) is 15.7. The number of phenolic OH excluding ortho intramolecular Hbond substituents is 6. The smallest absolute Gasteiger partial charge is 0.234 e. The van der Waals surface area contributed by atoms with Crippen LogP contribution in [0.5, 0.6) is 34.5 Å². The number of aliphatic hydroxyl groups excluding tert-OH is 5. The number of aliphatic hydroxyl groups is 5. The largest absolute Gasteiger partial charge is 0.504 e. The monoisotopic (exact) mass is 484 g/mol. The highest BCUT2D eigenvalue weighted by atomic mass is 16.4. The van der Waals surface area contributed by atoms with E-state index in [-0.39, 0.29) is 0 Å². The van der Waals surface area contributed by atoms with Gasteiger partial charge >= 0.3 is 0 Å². The van der Waals surface area contributed by atoms with Gasteiger partial charge < -0.3 is 56.2 Å². The van der Waals surface area contributed by atoms with Gasteiger partial charge in [0.25, 0.3) is 0 Å². The fourth-order valence-corrected chi connectivity index (χ4v) is 2.81. The first-order valence-corrected chi connectivity index (χ1v) is 9.22. The standard InChI is InChI=1S/C20H20O14/c21-7-1-5(2-8(22)13(7)27)11(25)15(29)17(31)19(33)20(34)18(32)16(30)12(26)6-3-9(23)14(28)10(24)4-6/h1-4,15,17-24,27-29,31-34H/t15?,17-,18+,19-,20-/m1/s1. The molecule has 14 heteroatoms. The fourth-order valence-electron chi connectivity index (χ4n) is 2.81. The molecule has 34 heavy (non-hydrogen) atoms. The van der Waals surface area contributed by atoms with Gasteiger partial charge in [0.2, 0.25) is 11.6 Å². The van der Waals surface area contributed by atoms with Gasteiger partial charge in [-0.1, -0.05) is 0 Å². The highest BCUT2D eigenvalue weighted by Gasteiger charge is 2.41. The number of benzene rings is 2. The Morgan fingerprint density at radius 2 is 0.882 bits per heavy atom. The van der Waals surface area contributed by atoms with Crippen LogP contribution in [0.15, 0.2) is 24.3 Å². The Morgan fingerprint density at radius 1 is 0.529 bits per heavy atom. The minimum atomic E-state index is -2.72. The lowest BCUT2D eigenvalue weighted by molar-refractivity contribution is -0.146. The van der Waals surface area contributed by atoms with E-state index in [4.69, 9.17) is 0 Å². The predicted octanol–water partition coefficient (Wildman–Crippen LogP) is -2.64. The van der Waals surface area contributed by atoms with Crippen LogP contribution in [0.4, 0.5) is 0 Å². The third-order valence-corrected chi connectivity index (χ3v) is 4.79. The number of ketones is 3. The van der Waals surface area contributed by atoms with Crippen molar-refractivity contribution < 1.29 is 70.6 Å². The number of hydrogen-bond donors (Lipinski definition) is 11. The molecule has 0 aliphatic rings. The van der Waals surface area contributed by atoms with Crippen LogP contribution in [0.25, 0.3) is 0 Å². The van der Waals surface area contributed by atoms with Crippen molar-refractivity contribution in [2.75, 3.05) is 0 Å². The highest BCUT2D eigenvalue weighted by molar-refractivity contribution is 6.45. The maximum atomic E-state index is 12.3. The van der Waals surface area contributed by atoms with Crippen molar-refractivity contribution in [3.63, 3.8) is 0 Å². The molecule has 0 saturated carbocycles. The topological polar surface area (TPSA) is 274 Å². The molecule has 0 fully saturated rings. The number of carbonyl (C=O) groups excluding carboxylic acids is 3. The summed E-state index contributed by atoms with van der Waals surface area (Å²) in [5, 5.41) is 106. The second kappa shape index (κ2) is 9.90.